The SMILES string of the molecule is O=C(c1cc(COc2ccccc2F)cs1)N1CCN(S(=O)(=O)c2ccccc2)CC1. The van der Waals surface area contributed by atoms with Gasteiger partial charge in [-0.3, -0.25) is 4.79 Å². The van der Waals surface area contributed by atoms with Crippen molar-refractivity contribution in [3.05, 3.63) is 82.3 Å². The molecule has 3 aromatic rings. The number of hydrogen-bond acceptors (Lipinski definition) is 5. The summed E-state index contributed by atoms with van der Waals surface area (Å²) in [5.74, 6) is -0.409. The molecule has 0 saturated carbocycles. The predicted octanol–water partition coefficient (Wildman–Crippen LogP) is 3.61. The maximum Gasteiger partial charge on any atom is 0.264 e. The van der Waals surface area contributed by atoms with E-state index in [0.717, 1.165) is 5.56 Å². The van der Waals surface area contributed by atoms with Gasteiger partial charge in [-0.15, -0.1) is 11.3 Å². The molecular weight excluding hydrogens is 439 g/mol. The molecule has 0 spiro atoms. The van der Waals surface area contributed by atoms with E-state index in [0.29, 0.717) is 18.0 Å². The summed E-state index contributed by atoms with van der Waals surface area (Å²) in [6, 6.07) is 16.2. The van der Waals surface area contributed by atoms with Crippen LogP contribution in [0.5, 0.6) is 5.75 Å². The fraction of sp³-hybridized carbons (Fsp3) is 0.227. The van der Waals surface area contributed by atoms with Crippen molar-refractivity contribution in [3.63, 3.8) is 0 Å². The van der Waals surface area contributed by atoms with Crippen molar-refractivity contribution in [1.82, 2.24) is 9.21 Å². The molecule has 6 nitrogen and oxygen atoms in total. The van der Waals surface area contributed by atoms with E-state index in [9.17, 15) is 17.6 Å². The van der Waals surface area contributed by atoms with Crippen LogP contribution in [0.1, 0.15) is 15.2 Å². The summed E-state index contributed by atoms with van der Waals surface area (Å²) in [4.78, 5) is 15.3. The summed E-state index contributed by atoms with van der Waals surface area (Å²) in [6.07, 6.45) is 0. The highest BCUT2D eigenvalue weighted by Gasteiger charge is 2.30. The molecule has 162 valence electrons. The molecule has 2 heterocycles. The third-order valence-corrected chi connectivity index (χ3v) is 7.88. The van der Waals surface area contributed by atoms with Crippen molar-refractivity contribution < 1.29 is 22.3 Å². The number of carbonyl (C=O) groups is 1. The summed E-state index contributed by atoms with van der Waals surface area (Å²) in [5, 5.41) is 1.81. The zero-order valence-electron chi connectivity index (χ0n) is 16.6. The highest BCUT2D eigenvalue weighted by Crippen LogP contribution is 2.23. The molecule has 1 amide bonds. The van der Waals surface area contributed by atoms with Crippen LogP contribution in [0, 0.1) is 5.82 Å². The Kier molecular flexibility index (Phi) is 6.35. The van der Waals surface area contributed by atoms with Crippen LogP contribution in [-0.2, 0) is 16.6 Å². The first-order chi connectivity index (χ1) is 14.9. The number of thiophene rings is 1. The van der Waals surface area contributed by atoms with Crippen molar-refractivity contribution in [2.75, 3.05) is 26.2 Å². The van der Waals surface area contributed by atoms with E-state index < -0.39 is 15.8 Å². The molecule has 9 heteroatoms. The molecule has 1 aliphatic rings. The van der Waals surface area contributed by atoms with Crippen molar-refractivity contribution in [2.45, 2.75) is 11.5 Å². The Morgan fingerprint density at radius 2 is 1.68 bits per heavy atom. The zero-order chi connectivity index (χ0) is 21.8. The van der Waals surface area contributed by atoms with E-state index in [1.165, 1.54) is 21.7 Å². The van der Waals surface area contributed by atoms with Crippen LogP contribution < -0.4 is 4.74 Å². The Balaban J connectivity index is 1.34. The quantitative estimate of drug-likeness (QED) is 0.564. The van der Waals surface area contributed by atoms with Gasteiger partial charge in [-0.05, 0) is 35.7 Å². The predicted molar refractivity (Wildman–Crippen MR) is 116 cm³/mol. The molecule has 0 radical (unpaired) electrons. The maximum atomic E-state index is 13.7. The first-order valence-electron chi connectivity index (χ1n) is 9.74. The number of benzene rings is 2. The second-order valence-corrected chi connectivity index (χ2v) is 9.90. The normalized spacial score (nSPS) is 15.1. The number of ether oxygens (including phenoxy) is 1. The summed E-state index contributed by atoms with van der Waals surface area (Å²) >= 11 is 1.30. The summed E-state index contributed by atoms with van der Waals surface area (Å²) in [5.41, 5.74) is 0.780. The molecule has 0 atom stereocenters. The minimum absolute atomic E-state index is 0.140. The fourth-order valence-corrected chi connectivity index (χ4v) is 5.62. The molecular formula is C22H21FN2O4S2. The lowest BCUT2D eigenvalue weighted by atomic mass is 10.3. The largest absolute Gasteiger partial charge is 0.486 e. The van der Waals surface area contributed by atoms with Gasteiger partial charge in [-0.25, -0.2) is 12.8 Å². The Hall–Kier alpha value is -2.75. The number of carbonyl (C=O) groups excluding carboxylic acids is 1. The van der Waals surface area contributed by atoms with Crippen LogP contribution in [-0.4, -0.2) is 49.7 Å². The Morgan fingerprint density at radius 1 is 1.00 bits per heavy atom. The minimum Gasteiger partial charge on any atom is -0.486 e. The second kappa shape index (κ2) is 9.17. The molecule has 4 rings (SSSR count). The van der Waals surface area contributed by atoms with Gasteiger partial charge in [0.15, 0.2) is 11.6 Å². The molecule has 0 unspecified atom stereocenters. The zero-order valence-corrected chi connectivity index (χ0v) is 18.2. The lowest BCUT2D eigenvalue weighted by molar-refractivity contribution is 0.0702. The van der Waals surface area contributed by atoms with Gasteiger partial charge >= 0.3 is 0 Å². The summed E-state index contributed by atoms with van der Waals surface area (Å²) < 4.78 is 46.0. The van der Waals surface area contributed by atoms with Gasteiger partial charge in [-0.2, -0.15) is 4.31 Å². The lowest BCUT2D eigenvalue weighted by Crippen LogP contribution is -2.50. The van der Waals surface area contributed by atoms with Crippen LogP contribution in [0.4, 0.5) is 4.39 Å². The molecule has 1 aliphatic heterocycles. The Bertz CT molecular complexity index is 1160. The maximum absolute atomic E-state index is 13.7. The van der Waals surface area contributed by atoms with Crippen LogP contribution in [0.2, 0.25) is 0 Å². The number of hydrogen-bond donors (Lipinski definition) is 0. The molecule has 2 aromatic carbocycles. The van der Waals surface area contributed by atoms with E-state index in [4.69, 9.17) is 4.74 Å². The number of nitrogens with zero attached hydrogens (tertiary/aromatic N) is 2. The Morgan fingerprint density at radius 3 is 2.39 bits per heavy atom. The standard InChI is InChI=1S/C22H21FN2O4S2/c23-19-8-4-5-9-20(19)29-15-17-14-21(30-16-17)22(26)24-10-12-25(13-11-24)31(27,28)18-6-2-1-3-7-18/h1-9,14,16H,10-13,15H2. The fourth-order valence-electron chi connectivity index (χ4n) is 3.32. The third-order valence-electron chi connectivity index (χ3n) is 5.00. The topological polar surface area (TPSA) is 66.9 Å². The number of piperazine rings is 1. The second-order valence-electron chi connectivity index (χ2n) is 7.05. The molecule has 1 fully saturated rings. The summed E-state index contributed by atoms with van der Waals surface area (Å²) in [6.45, 7) is 1.30. The van der Waals surface area contributed by atoms with E-state index in [2.05, 4.69) is 0 Å². The van der Waals surface area contributed by atoms with Gasteiger partial charge in [0.25, 0.3) is 5.91 Å². The van der Waals surface area contributed by atoms with Crippen LogP contribution in [0.15, 0.2) is 70.9 Å². The highest BCUT2D eigenvalue weighted by atomic mass is 32.2. The van der Waals surface area contributed by atoms with Crippen LogP contribution in [0.25, 0.3) is 0 Å². The van der Waals surface area contributed by atoms with Gasteiger partial charge in [-0.1, -0.05) is 30.3 Å². The van der Waals surface area contributed by atoms with Crippen molar-refractivity contribution in [1.29, 1.82) is 0 Å². The van der Waals surface area contributed by atoms with Crippen LogP contribution in [0.3, 0.4) is 0 Å². The number of sulfonamides is 1. The van der Waals surface area contributed by atoms with Gasteiger partial charge in [0.05, 0.1) is 9.77 Å². The molecule has 0 N–H and O–H groups in total. The first kappa shape index (κ1) is 21.5. The minimum atomic E-state index is -3.56. The third kappa shape index (κ3) is 4.79. The van der Waals surface area contributed by atoms with Crippen molar-refractivity contribution in [2.24, 2.45) is 0 Å². The van der Waals surface area contributed by atoms with Crippen LogP contribution >= 0.6 is 11.3 Å². The number of amides is 1. The molecule has 1 saturated heterocycles. The number of halogens is 1. The average molecular weight is 461 g/mol. The van der Waals surface area contributed by atoms with Gasteiger partial charge < -0.3 is 9.64 Å². The molecule has 31 heavy (non-hydrogen) atoms. The highest BCUT2D eigenvalue weighted by molar-refractivity contribution is 7.89. The van der Waals surface area contributed by atoms with Gasteiger partial charge in [0, 0.05) is 31.7 Å². The number of para-hydroxylation sites is 1. The monoisotopic (exact) mass is 460 g/mol. The summed E-state index contributed by atoms with van der Waals surface area (Å²) in [7, 11) is -3.56. The molecule has 0 bridgehead atoms. The molecule has 0 aliphatic carbocycles. The van der Waals surface area contributed by atoms with E-state index in [-0.39, 0.29) is 36.2 Å². The van der Waals surface area contributed by atoms with E-state index in [1.54, 1.807) is 59.5 Å². The van der Waals surface area contributed by atoms with Gasteiger partial charge in [0.1, 0.15) is 6.61 Å². The number of rotatable bonds is 6. The Labute approximate surface area is 184 Å². The average Bonchev–Trinajstić information content (AvgIpc) is 3.28. The smallest absolute Gasteiger partial charge is 0.264 e. The van der Waals surface area contributed by atoms with E-state index >= 15 is 0 Å². The molecule has 1 aromatic heterocycles. The van der Waals surface area contributed by atoms with Crippen molar-refractivity contribution >= 4 is 27.3 Å². The van der Waals surface area contributed by atoms with Crippen molar-refractivity contribution in [3.8, 4) is 5.75 Å². The first-order valence-corrected chi connectivity index (χ1v) is 12.1. The van der Waals surface area contributed by atoms with E-state index in [1.807, 2.05) is 5.38 Å². The van der Waals surface area contributed by atoms with Gasteiger partial charge in [0.2, 0.25) is 10.0 Å². The lowest BCUT2D eigenvalue weighted by Gasteiger charge is -2.33.